The SMILES string of the molecule is Cn1c(=O)c2cc(C(=O)NCc3cccnc3)nn2c2ccccc21. The minimum Gasteiger partial charge on any atom is -0.347 e. The van der Waals surface area contributed by atoms with Gasteiger partial charge in [-0.3, -0.25) is 14.6 Å². The van der Waals surface area contributed by atoms with Gasteiger partial charge >= 0.3 is 0 Å². The topological polar surface area (TPSA) is 81.3 Å². The van der Waals surface area contributed by atoms with Crippen molar-refractivity contribution in [3.05, 3.63) is 76.5 Å². The lowest BCUT2D eigenvalue weighted by Gasteiger charge is -2.06. The maximum Gasteiger partial charge on any atom is 0.276 e. The Balaban J connectivity index is 1.74. The largest absolute Gasteiger partial charge is 0.347 e. The third kappa shape index (κ3) is 2.55. The fourth-order valence-electron chi connectivity index (χ4n) is 2.81. The first-order chi connectivity index (χ1) is 12.1. The van der Waals surface area contributed by atoms with Crippen molar-refractivity contribution in [3.8, 4) is 0 Å². The number of hydrogen-bond donors (Lipinski definition) is 1. The van der Waals surface area contributed by atoms with Gasteiger partial charge in [0.15, 0.2) is 5.69 Å². The number of nitrogens with zero attached hydrogens (tertiary/aromatic N) is 4. The number of nitrogens with one attached hydrogen (secondary N) is 1. The molecular formula is C18H15N5O2. The highest BCUT2D eigenvalue weighted by Crippen LogP contribution is 2.14. The molecule has 0 fully saturated rings. The number of carbonyl (C=O) groups is 1. The number of hydrogen-bond acceptors (Lipinski definition) is 4. The number of para-hydroxylation sites is 2. The third-order valence-corrected chi connectivity index (χ3v) is 4.11. The van der Waals surface area contributed by atoms with Crippen molar-refractivity contribution in [2.45, 2.75) is 6.54 Å². The molecule has 0 saturated heterocycles. The van der Waals surface area contributed by atoms with Crippen LogP contribution in [0.1, 0.15) is 16.1 Å². The minimum atomic E-state index is -0.335. The summed E-state index contributed by atoms with van der Waals surface area (Å²) >= 11 is 0. The van der Waals surface area contributed by atoms with Crippen LogP contribution in [-0.2, 0) is 13.6 Å². The van der Waals surface area contributed by atoms with Gasteiger partial charge < -0.3 is 9.88 Å². The second-order valence-electron chi connectivity index (χ2n) is 5.72. The molecule has 1 amide bonds. The summed E-state index contributed by atoms with van der Waals surface area (Å²) in [6.07, 6.45) is 3.36. The zero-order chi connectivity index (χ0) is 17.4. The van der Waals surface area contributed by atoms with Gasteiger partial charge in [0.1, 0.15) is 5.52 Å². The summed E-state index contributed by atoms with van der Waals surface area (Å²) in [6, 6.07) is 12.6. The standard InChI is InChI=1S/C18H15N5O2/c1-22-14-6-2-3-7-15(14)23-16(18(22)25)9-13(21-23)17(24)20-11-12-5-4-8-19-10-12/h2-10H,11H2,1H3,(H,20,24). The molecule has 7 nitrogen and oxygen atoms in total. The Morgan fingerprint density at radius 2 is 1.92 bits per heavy atom. The number of pyridine rings is 1. The van der Waals surface area contributed by atoms with Gasteiger partial charge in [0.05, 0.1) is 11.0 Å². The molecule has 1 N–H and O–H groups in total. The average Bonchev–Trinajstić information content (AvgIpc) is 3.11. The van der Waals surface area contributed by atoms with Crippen LogP contribution in [0.3, 0.4) is 0 Å². The van der Waals surface area contributed by atoms with E-state index in [-0.39, 0.29) is 17.2 Å². The predicted octanol–water partition coefficient (Wildman–Crippen LogP) is 1.51. The van der Waals surface area contributed by atoms with Crippen LogP contribution < -0.4 is 10.9 Å². The van der Waals surface area contributed by atoms with Gasteiger partial charge in [0, 0.05) is 32.1 Å². The van der Waals surface area contributed by atoms with Crippen molar-refractivity contribution in [2.24, 2.45) is 7.05 Å². The molecule has 0 aliphatic heterocycles. The van der Waals surface area contributed by atoms with Crippen LogP contribution in [0.4, 0.5) is 0 Å². The Labute approximate surface area is 142 Å². The summed E-state index contributed by atoms with van der Waals surface area (Å²) in [5.74, 6) is -0.335. The monoisotopic (exact) mass is 333 g/mol. The van der Waals surface area contributed by atoms with E-state index in [0.717, 1.165) is 16.6 Å². The lowest BCUT2D eigenvalue weighted by Crippen LogP contribution is -2.23. The number of fused-ring (bicyclic) bond motifs is 3. The molecule has 0 unspecified atom stereocenters. The van der Waals surface area contributed by atoms with Crippen molar-refractivity contribution in [1.29, 1.82) is 0 Å². The van der Waals surface area contributed by atoms with Gasteiger partial charge in [-0.05, 0) is 23.8 Å². The van der Waals surface area contributed by atoms with E-state index in [0.29, 0.717) is 12.1 Å². The Bertz CT molecular complexity index is 1140. The van der Waals surface area contributed by atoms with Crippen LogP contribution in [0.25, 0.3) is 16.6 Å². The molecule has 0 bridgehead atoms. The molecule has 25 heavy (non-hydrogen) atoms. The summed E-state index contributed by atoms with van der Waals surface area (Å²) < 4.78 is 3.08. The summed E-state index contributed by atoms with van der Waals surface area (Å²) in [5.41, 5.74) is 2.79. The van der Waals surface area contributed by atoms with Crippen molar-refractivity contribution in [1.82, 2.24) is 24.5 Å². The quantitative estimate of drug-likeness (QED) is 0.616. The van der Waals surface area contributed by atoms with Crippen LogP contribution in [0.2, 0.25) is 0 Å². The zero-order valence-electron chi connectivity index (χ0n) is 13.5. The smallest absolute Gasteiger partial charge is 0.276 e. The first-order valence-corrected chi connectivity index (χ1v) is 7.80. The maximum absolute atomic E-state index is 12.5. The van der Waals surface area contributed by atoms with Crippen molar-refractivity contribution >= 4 is 22.5 Å². The molecule has 0 saturated carbocycles. The Morgan fingerprint density at radius 1 is 1.12 bits per heavy atom. The lowest BCUT2D eigenvalue weighted by molar-refractivity contribution is 0.0945. The molecule has 0 aliphatic carbocycles. The first kappa shape index (κ1) is 15.1. The lowest BCUT2D eigenvalue weighted by atomic mass is 10.2. The van der Waals surface area contributed by atoms with E-state index >= 15 is 0 Å². The number of rotatable bonds is 3. The highest BCUT2D eigenvalue weighted by molar-refractivity contribution is 5.94. The van der Waals surface area contributed by atoms with Crippen molar-refractivity contribution < 1.29 is 4.79 Å². The van der Waals surface area contributed by atoms with E-state index in [4.69, 9.17) is 0 Å². The molecule has 124 valence electrons. The van der Waals surface area contributed by atoms with E-state index in [2.05, 4.69) is 15.4 Å². The average molecular weight is 333 g/mol. The van der Waals surface area contributed by atoms with Crippen LogP contribution >= 0.6 is 0 Å². The molecule has 0 aliphatic rings. The molecular weight excluding hydrogens is 318 g/mol. The van der Waals surface area contributed by atoms with Crippen molar-refractivity contribution in [2.75, 3.05) is 0 Å². The van der Waals surface area contributed by atoms with Gasteiger partial charge in [-0.25, -0.2) is 4.52 Å². The molecule has 0 atom stereocenters. The fraction of sp³-hybridized carbons (Fsp3) is 0.111. The summed E-state index contributed by atoms with van der Waals surface area (Å²) in [7, 11) is 1.71. The summed E-state index contributed by atoms with van der Waals surface area (Å²) in [4.78, 5) is 28.9. The number of aryl methyl sites for hydroxylation is 1. The first-order valence-electron chi connectivity index (χ1n) is 7.80. The van der Waals surface area contributed by atoms with Gasteiger partial charge in [-0.15, -0.1) is 0 Å². The molecule has 3 heterocycles. The summed E-state index contributed by atoms with van der Waals surface area (Å²) in [5, 5.41) is 7.13. The van der Waals surface area contributed by atoms with Gasteiger partial charge in [0.25, 0.3) is 11.5 Å². The Hall–Kier alpha value is -3.48. The number of aromatic nitrogens is 4. The maximum atomic E-state index is 12.5. The highest BCUT2D eigenvalue weighted by Gasteiger charge is 2.15. The van der Waals surface area contributed by atoms with Gasteiger partial charge in [-0.1, -0.05) is 18.2 Å². The highest BCUT2D eigenvalue weighted by atomic mass is 16.2. The number of carbonyl (C=O) groups excluding carboxylic acids is 1. The zero-order valence-corrected chi connectivity index (χ0v) is 13.5. The summed E-state index contributed by atoms with van der Waals surface area (Å²) in [6.45, 7) is 0.347. The molecule has 3 aromatic heterocycles. The molecule has 0 spiro atoms. The number of benzene rings is 1. The second kappa shape index (κ2) is 5.86. The van der Waals surface area contributed by atoms with Gasteiger partial charge in [-0.2, -0.15) is 5.10 Å². The molecule has 1 aromatic carbocycles. The van der Waals surface area contributed by atoms with E-state index in [1.807, 2.05) is 36.4 Å². The Kier molecular flexibility index (Phi) is 3.53. The van der Waals surface area contributed by atoms with Crippen LogP contribution in [0, 0.1) is 0 Å². The van der Waals surface area contributed by atoms with Crippen LogP contribution in [0.15, 0.2) is 59.7 Å². The minimum absolute atomic E-state index is 0.197. The molecule has 4 aromatic rings. The predicted molar refractivity (Wildman–Crippen MR) is 93.3 cm³/mol. The van der Waals surface area contributed by atoms with Crippen molar-refractivity contribution in [3.63, 3.8) is 0 Å². The van der Waals surface area contributed by atoms with Crippen LogP contribution in [-0.4, -0.2) is 25.1 Å². The normalized spacial score (nSPS) is 11.1. The molecule has 0 radical (unpaired) electrons. The Morgan fingerprint density at radius 3 is 2.68 bits per heavy atom. The second-order valence-corrected chi connectivity index (χ2v) is 5.72. The van der Waals surface area contributed by atoms with E-state index in [1.54, 1.807) is 24.0 Å². The van der Waals surface area contributed by atoms with Gasteiger partial charge in [0.2, 0.25) is 0 Å². The third-order valence-electron chi connectivity index (χ3n) is 4.11. The molecule has 4 rings (SSSR count). The fourth-order valence-corrected chi connectivity index (χ4v) is 2.81. The molecule has 7 heteroatoms. The van der Waals surface area contributed by atoms with E-state index in [9.17, 15) is 9.59 Å². The number of amides is 1. The van der Waals surface area contributed by atoms with E-state index < -0.39 is 0 Å². The van der Waals surface area contributed by atoms with E-state index in [1.165, 1.54) is 10.6 Å². The van der Waals surface area contributed by atoms with Crippen LogP contribution in [0.5, 0.6) is 0 Å².